The first kappa shape index (κ1) is 13.0. The number of isocyanates is 1. The molecule has 0 aliphatic heterocycles. The molecule has 2 rings (SSSR count). The largest absolute Gasteiger partial charge is 0.270 e. The van der Waals surface area contributed by atoms with Crippen LogP contribution in [0.1, 0.15) is 0 Å². The van der Waals surface area contributed by atoms with E-state index < -0.39 is 4.92 Å². The fourth-order valence-corrected chi connectivity index (χ4v) is 1.96. The molecular formula is C13H7ClN2O3. The first-order chi connectivity index (χ1) is 9.13. The van der Waals surface area contributed by atoms with Crippen LogP contribution in [-0.4, -0.2) is 11.0 Å². The Morgan fingerprint density at radius 3 is 2.53 bits per heavy atom. The minimum atomic E-state index is -0.523. The third-order valence-electron chi connectivity index (χ3n) is 2.52. The molecule has 0 bridgehead atoms. The van der Waals surface area contributed by atoms with Gasteiger partial charge in [0.15, 0.2) is 0 Å². The van der Waals surface area contributed by atoms with Gasteiger partial charge in [-0.05, 0) is 12.1 Å². The van der Waals surface area contributed by atoms with Gasteiger partial charge in [-0.25, -0.2) is 4.79 Å². The van der Waals surface area contributed by atoms with Crippen LogP contribution in [0.25, 0.3) is 11.1 Å². The summed E-state index contributed by atoms with van der Waals surface area (Å²) < 4.78 is 0. The molecule has 0 spiro atoms. The van der Waals surface area contributed by atoms with E-state index in [4.69, 9.17) is 11.6 Å². The zero-order chi connectivity index (χ0) is 13.8. The third-order valence-corrected chi connectivity index (χ3v) is 2.84. The zero-order valence-electron chi connectivity index (χ0n) is 9.54. The van der Waals surface area contributed by atoms with Crippen molar-refractivity contribution in [3.8, 4) is 11.1 Å². The standard InChI is InChI=1S/C13H7ClN2O3/c14-12-7-9(16(18)19)5-6-10(12)11-3-1-2-4-13(11)15-8-17/h1-7H. The second-order valence-electron chi connectivity index (χ2n) is 3.64. The van der Waals surface area contributed by atoms with Crippen molar-refractivity contribution in [3.63, 3.8) is 0 Å². The molecule has 0 radical (unpaired) electrons. The van der Waals surface area contributed by atoms with Crippen molar-refractivity contribution in [3.05, 3.63) is 57.6 Å². The molecule has 0 aliphatic carbocycles. The summed E-state index contributed by atoms with van der Waals surface area (Å²) in [5.74, 6) is 0. The summed E-state index contributed by atoms with van der Waals surface area (Å²) in [4.78, 5) is 24.1. The molecule has 19 heavy (non-hydrogen) atoms. The van der Waals surface area contributed by atoms with Crippen LogP contribution in [0.15, 0.2) is 47.5 Å². The Morgan fingerprint density at radius 1 is 1.16 bits per heavy atom. The number of aliphatic imine (C=N–C) groups is 1. The number of rotatable bonds is 3. The van der Waals surface area contributed by atoms with E-state index in [2.05, 4.69) is 4.99 Å². The molecule has 94 valence electrons. The monoisotopic (exact) mass is 274 g/mol. The highest BCUT2D eigenvalue weighted by atomic mass is 35.5. The molecule has 6 heteroatoms. The normalized spacial score (nSPS) is 9.74. The van der Waals surface area contributed by atoms with Gasteiger partial charge < -0.3 is 0 Å². The minimum absolute atomic E-state index is 0.0925. The van der Waals surface area contributed by atoms with Gasteiger partial charge in [-0.1, -0.05) is 29.8 Å². The van der Waals surface area contributed by atoms with E-state index in [0.717, 1.165) is 0 Å². The van der Waals surface area contributed by atoms with Crippen LogP contribution >= 0.6 is 11.6 Å². The Morgan fingerprint density at radius 2 is 1.89 bits per heavy atom. The number of hydrogen-bond donors (Lipinski definition) is 0. The predicted molar refractivity (Wildman–Crippen MR) is 71.3 cm³/mol. The molecule has 0 amide bonds. The van der Waals surface area contributed by atoms with Crippen LogP contribution < -0.4 is 0 Å². The van der Waals surface area contributed by atoms with Gasteiger partial charge in [0.25, 0.3) is 5.69 Å². The van der Waals surface area contributed by atoms with E-state index >= 15 is 0 Å². The summed E-state index contributed by atoms with van der Waals surface area (Å²) in [5.41, 5.74) is 1.51. The van der Waals surface area contributed by atoms with Crippen LogP contribution in [0.3, 0.4) is 0 Å². The quantitative estimate of drug-likeness (QED) is 0.369. The van der Waals surface area contributed by atoms with Gasteiger partial charge in [0.1, 0.15) is 0 Å². The van der Waals surface area contributed by atoms with Gasteiger partial charge in [-0.15, -0.1) is 0 Å². The molecule has 0 atom stereocenters. The SMILES string of the molecule is O=C=Nc1ccccc1-c1ccc([N+](=O)[O-])cc1Cl. The highest BCUT2D eigenvalue weighted by molar-refractivity contribution is 6.33. The van der Waals surface area contributed by atoms with Crippen molar-refractivity contribution in [2.75, 3.05) is 0 Å². The van der Waals surface area contributed by atoms with Crippen LogP contribution in [0, 0.1) is 10.1 Å². The van der Waals surface area contributed by atoms with Crippen LogP contribution in [-0.2, 0) is 4.79 Å². The third kappa shape index (κ3) is 2.68. The Hall–Kier alpha value is -2.49. The van der Waals surface area contributed by atoms with E-state index in [1.165, 1.54) is 24.3 Å². The number of nitro benzene ring substituents is 1. The summed E-state index contributed by atoms with van der Waals surface area (Å²) in [7, 11) is 0. The second-order valence-corrected chi connectivity index (χ2v) is 4.05. The number of nitrogens with zero attached hydrogens (tertiary/aromatic N) is 2. The Labute approximate surface area is 113 Å². The average molecular weight is 275 g/mol. The van der Waals surface area contributed by atoms with Crippen molar-refractivity contribution in [1.29, 1.82) is 0 Å². The van der Waals surface area contributed by atoms with E-state index in [1.807, 2.05) is 0 Å². The molecular weight excluding hydrogens is 268 g/mol. The maximum absolute atomic E-state index is 10.6. The second kappa shape index (κ2) is 5.44. The van der Waals surface area contributed by atoms with Crippen LogP contribution in [0.5, 0.6) is 0 Å². The summed E-state index contributed by atoms with van der Waals surface area (Å²) in [5, 5.41) is 10.9. The Kier molecular flexibility index (Phi) is 3.71. The van der Waals surface area contributed by atoms with Gasteiger partial charge in [0, 0.05) is 23.3 Å². The van der Waals surface area contributed by atoms with Crippen molar-refractivity contribution in [2.45, 2.75) is 0 Å². The van der Waals surface area contributed by atoms with E-state index in [0.29, 0.717) is 16.8 Å². The van der Waals surface area contributed by atoms with Gasteiger partial charge in [-0.3, -0.25) is 10.1 Å². The van der Waals surface area contributed by atoms with Crippen LogP contribution in [0.4, 0.5) is 11.4 Å². The lowest BCUT2D eigenvalue weighted by atomic mass is 10.0. The number of hydrogen-bond acceptors (Lipinski definition) is 4. The molecule has 0 N–H and O–H groups in total. The highest BCUT2D eigenvalue weighted by Crippen LogP contribution is 2.36. The van der Waals surface area contributed by atoms with Gasteiger partial charge in [0.05, 0.1) is 15.6 Å². The highest BCUT2D eigenvalue weighted by Gasteiger charge is 2.12. The smallest absolute Gasteiger partial charge is 0.258 e. The maximum atomic E-state index is 10.6. The van der Waals surface area contributed by atoms with Gasteiger partial charge in [-0.2, -0.15) is 4.99 Å². The fourth-order valence-electron chi connectivity index (χ4n) is 1.68. The Balaban J connectivity index is 2.60. The lowest BCUT2D eigenvalue weighted by Gasteiger charge is -2.06. The van der Waals surface area contributed by atoms with Gasteiger partial charge in [0.2, 0.25) is 6.08 Å². The first-order valence-corrected chi connectivity index (χ1v) is 5.62. The molecule has 0 fully saturated rings. The number of non-ortho nitro benzene ring substituents is 1. The molecule has 0 saturated heterocycles. The minimum Gasteiger partial charge on any atom is -0.258 e. The first-order valence-electron chi connectivity index (χ1n) is 5.24. The molecule has 0 aliphatic rings. The summed E-state index contributed by atoms with van der Waals surface area (Å²) in [6.07, 6.45) is 1.47. The predicted octanol–water partition coefficient (Wildman–Crippen LogP) is 3.88. The van der Waals surface area contributed by atoms with Crippen molar-refractivity contribution >= 4 is 29.1 Å². The Bertz CT molecular complexity index is 694. The summed E-state index contributed by atoms with van der Waals surface area (Å²) in [6, 6.07) is 11.0. The number of carbonyl (C=O) groups excluding carboxylic acids is 1. The molecule has 5 nitrogen and oxygen atoms in total. The molecule has 2 aromatic rings. The van der Waals surface area contributed by atoms with Crippen molar-refractivity contribution in [1.82, 2.24) is 0 Å². The van der Waals surface area contributed by atoms with Crippen LogP contribution in [0.2, 0.25) is 5.02 Å². The molecule has 0 heterocycles. The van der Waals surface area contributed by atoms with Gasteiger partial charge >= 0.3 is 0 Å². The number of nitro groups is 1. The van der Waals surface area contributed by atoms with E-state index in [1.54, 1.807) is 24.3 Å². The zero-order valence-corrected chi connectivity index (χ0v) is 10.3. The summed E-state index contributed by atoms with van der Waals surface area (Å²) in [6.45, 7) is 0. The number of para-hydroxylation sites is 1. The van der Waals surface area contributed by atoms with E-state index in [-0.39, 0.29) is 10.7 Å². The maximum Gasteiger partial charge on any atom is 0.270 e. The number of halogens is 1. The fraction of sp³-hybridized carbons (Fsp3) is 0. The van der Waals surface area contributed by atoms with E-state index in [9.17, 15) is 14.9 Å². The lowest BCUT2D eigenvalue weighted by molar-refractivity contribution is -0.384. The molecule has 0 aromatic heterocycles. The number of benzene rings is 2. The summed E-state index contributed by atoms with van der Waals surface area (Å²) >= 11 is 6.04. The lowest BCUT2D eigenvalue weighted by Crippen LogP contribution is -1.88. The molecule has 2 aromatic carbocycles. The van der Waals surface area contributed by atoms with Crippen molar-refractivity contribution < 1.29 is 9.72 Å². The average Bonchev–Trinajstić information content (AvgIpc) is 2.40. The molecule has 0 unspecified atom stereocenters. The topological polar surface area (TPSA) is 72.6 Å². The van der Waals surface area contributed by atoms with Crippen molar-refractivity contribution in [2.24, 2.45) is 4.99 Å². The molecule has 0 saturated carbocycles.